The molecule has 2 aromatic carbocycles. The number of carbonyl (C=O) groups excluding carboxylic acids is 1. The molecule has 0 bridgehead atoms. The maximum atomic E-state index is 12.6. The molecule has 4 heteroatoms. The Balaban J connectivity index is 2.53. The van der Waals surface area contributed by atoms with Crippen molar-refractivity contribution in [2.75, 3.05) is 6.26 Å². The molecule has 0 atom stereocenters. The first-order valence-corrected chi connectivity index (χ1v) is 8.52. The lowest BCUT2D eigenvalue weighted by molar-refractivity contribution is 0.103. The van der Waals surface area contributed by atoms with Gasteiger partial charge in [0.1, 0.15) is 0 Å². The molecule has 0 saturated heterocycles. The average Bonchev–Trinajstić information content (AvgIpc) is 2.41. The van der Waals surface area contributed by atoms with Crippen LogP contribution in [-0.4, -0.2) is 20.5 Å². The topological polar surface area (TPSA) is 51.2 Å². The van der Waals surface area contributed by atoms with Crippen molar-refractivity contribution in [1.29, 1.82) is 0 Å². The monoisotopic (exact) mass is 302 g/mol. The largest absolute Gasteiger partial charge is 0.289 e. The van der Waals surface area contributed by atoms with Crippen molar-refractivity contribution >= 4 is 15.6 Å². The Morgan fingerprint density at radius 1 is 0.905 bits per heavy atom. The number of carbonyl (C=O) groups is 1. The van der Waals surface area contributed by atoms with Gasteiger partial charge in [0.15, 0.2) is 15.6 Å². The third kappa shape index (κ3) is 3.22. The minimum Gasteiger partial charge on any atom is -0.289 e. The summed E-state index contributed by atoms with van der Waals surface area (Å²) < 4.78 is 23.2. The van der Waals surface area contributed by atoms with E-state index in [0.717, 1.165) is 22.9 Å². The summed E-state index contributed by atoms with van der Waals surface area (Å²) in [5.41, 5.74) is 4.08. The van der Waals surface area contributed by atoms with E-state index in [1.165, 1.54) is 12.1 Å². The van der Waals surface area contributed by atoms with Crippen LogP contribution in [0.1, 0.15) is 32.6 Å². The fourth-order valence-electron chi connectivity index (χ4n) is 2.23. The van der Waals surface area contributed by atoms with E-state index in [0.29, 0.717) is 11.1 Å². The van der Waals surface area contributed by atoms with Crippen LogP contribution >= 0.6 is 0 Å². The highest BCUT2D eigenvalue weighted by Crippen LogP contribution is 2.20. The zero-order valence-corrected chi connectivity index (χ0v) is 13.4. The van der Waals surface area contributed by atoms with Crippen LogP contribution in [-0.2, 0) is 9.84 Å². The van der Waals surface area contributed by atoms with Crippen molar-refractivity contribution in [2.45, 2.75) is 25.7 Å². The van der Waals surface area contributed by atoms with Crippen LogP contribution in [0.5, 0.6) is 0 Å². The highest BCUT2D eigenvalue weighted by atomic mass is 32.2. The molecule has 0 heterocycles. The van der Waals surface area contributed by atoms with E-state index in [4.69, 9.17) is 0 Å². The van der Waals surface area contributed by atoms with Crippen molar-refractivity contribution in [2.24, 2.45) is 0 Å². The smallest absolute Gasteiger partial charge is 0.193 e. The maximum absolute atomic E-state index is 12.6. The highest BCUT2D eigenvalue weighted by molar-refractivity contribution is 7.90. The quantitative estimate of drug-likeness (QED) is 0.818. The first kappa shape index (κ1) is 15.4. The third-order valence-corrected chi connectivity index (χ3v) is 4.72. The second-order valence-electron chi connectivity index (χ2n) is 5.38. The Morgan fingerprint density at radius 2 is 1.52 bits per heavy atom. The van der Waals surface area contributed by atoms with Crippen LogP contribution in [0.15, 0.2) is 41.3 Å². The molecule has 3 nitrogen and oxygen atoms in total. The molecule has 0 amide bonds. The lowest BCUT2D eigenvalue weighted by atomic mass is 9.95. The van der Waals surface area contributed by atoms with E-state index in [2.05, 4.69) is 0 Å². The molecule has 0 radical (unpaired) electrons. The van der Waals surface area contributed by atoms with Crippen LogP contribution in [0.25, 0.3) is 0 Å². The molecule has 0 aromatic heterocycles. The van der Waals surface area contributed by atoms with Gasteiger partial charge in [-0.25, -0.2) is 8.42 Å². The van der Waals surface area contributed by atoms with Gasteiger partial charge < -0.3 is 0 Å². The molecule has 21 heavy (non-hydrogen) atoms. The number of ketones is 1. The van der Waals surface area contributed by atoms with Gasteiger partial charge in [-0.05, 0) is 55.7 Å². The molecular weight excluding hydrogens is 284 g/mol. The van der Waals surface area contributed by atoms with Crippen LogP contribution in [0, 0.1) is 20.8 Å². The van der Waals surface area contributed by atoms with E-state index < -0.39 is 9.84 Å². The predicted octanol–water partition coefficient (Wildman–Crippen LogP) is 3.25. The van der Waals surface area contributed by atoms with Crippen LogP contribution in [0.3, 0.4) is 0 Å². The van der Waals surface area contributed by atoms with E-state index >= 15 is 0 Å². The summed E-state index contributed by atoms with van der Waals surface area (Å²) in [6.07, 6.45) is 1.14. The highest BCUT2D eigenvalue weighted by Gasteiger charge is 2.15. The summed E-state index contributed by atoms with van der Waals surface area (Å²) in [6, 6.07) is 10.0. The van der Waals surface area contributed by atoms with Gasteiger partial charge in [0, 0.05) is 17.4 Å². The minimum atomic E-state index is -3.32. The molecule has 0 saturated carbocycles. The van der Waals surface area contributed by atoms with Gasteiger partial charge in [-0.3, -0.25) is 4.79 Å². The summed E-state index contributed by atoms with van der Waals surface area (Å²) in [4.78, 5) is 12.8. The van der Waals surface area contributed by atoms with Gasteiger partial charge in [-0.1, -0.05) is 18.2 Å². The molecule has 110 valence electrons. The molecule has 0 fully saturated rings. The number of hydrogen-bond donors (Lipinski definition) is 0. The maximum Gasteiger partial charge on any atom is 0.193 e. The zero-order valence-electron chi connectivity index (χ0n) is 12.6. The van der Waals surface area contributed by atoms with Crippen molar-refractivity contribution in [3.05, 3.63) is 64.2 Å². The van der Waals surface area contributed by atoms with E-state index in [-0.39, 0.29) is 10.7 Å². The second kappa shape index (κ2) is 5.45. The summed E-state index contributed by atoms with van der Waals surface area (Å²) in [5, 5.41) is 0. The van der Waals surface area contributed by atoms with Crippen molar-refractivity contribution in [3.8, 4) is 0 Å². The summed E-state index contributed by atoms with van der Waals surface area (Å²) >= 11 is 0. The van der Waals surface area contributed by atoms with Crippen LogP contribution < -0.4 is 0 Å². The van der Waals surface area contributed by atoms with Crippen molar-refractivity contribution in [3.63, 3.8) is 0 Å². The first-order valence-electron chi connectivity index (χ1n) is 6.63. The Kier molecular flexibility index (Phi) is 4.01. The van der Waals surface area contributed by atoms with Crippen LogP contribution in [0.2, 0.25) is 0 Å². The second-order valence-corrected chi connectivity index (χ2v) is 7.40. The normalized spacial score (nSPS) is 11.4. The van der Waals surface area contributed by atoms with Crippen molar-refractivity contribution < 1.29 is 13.2 Å². The minimum absolute atomic E-state index is 0.152. The average molecular weight is 302 g/mol. The van der Waals surface area contributed by atoms with Crippen LogP contribution in [0.4, 0.5) is 0 Å². The number of rotatable bonds is 3. The lowest BCUT2D eigenvalue weighted by Crippen LogP contribution is -2.07. The van der Waals surface area contributed by atoms with Gasteiger partial charge in [0.2, 0.25) is 0 Å². The summed E-state index contributed by atoms with van der Waals surface area (Å²) in [7, 11) is -3.32. The SMILES string of the molecule is Cc1cc(C)c(C(=O)c2cccc(S(C)(=O)=O)c2)cc1C. The molecule has 0 N–H and O–H groups in total. The van der Waals surface area contributed by atoms with E-state index in [9.17, 15) is 13.2 Å². The summed E-state index contributed by atoms with van der Waals surface area (Å²) in [5.74, 6) is -0.152. The number of benzene rings is 2. The molecule has 0 spiro atoms. The summed E-state index contributed by atoms with van der Waals surface area (Å²) in [6.45, 7) is 5.85. The van der Waals surface area contributed by atoms with Gasteiger partial charge >= 0.3 is 0 Å². The molecule has 2 rings (SSSR count). The Morgan fingerprint density at radius 3 is 2.14 bits per heavy atom. The molecule has 0 aliphatic heterocycles. The van der Waals surface area contributed by atoms with Gasteiger partial charge in [0.25, 0.3) is 0 Å². The number of sulfone groups is 1. The molecule has 2 aromatic rings. The fraction of sp³-hybridized carbons (Fsp3) is 0.235. The van der Waals surface area contributed by atoms with Crippen molar-refractivity contribution in [1.82, 2.24) is 0 Å². The number of aryl methyl sites for hydroxylation is 3. The van der Waals surface area contributed by atoms with Gasteiger partial charge in [-0.15, -0.1) is 0 Å². The Labute approximate surface area is 125 Å². The predicted molar refractivity (Wildman–Crippen MR) is 83.6 cm³/mol. The van der Waals surface area contributed by atoms with E-state index in [1.54, 1.807) is 12.1 Å². The Hall–Kier alpha value is -1.94. The Bertz CT molecular complexity index is 818. The standard InChI is InChI=1S/C17H18O3S/c1-11-8-13(3)16(9-12(11)2)17(18)14-6-5-7-15(10-14)21(4,19)20/h5-10H,1-4H3. The third-order valence-electron chi connectivity index (χ3n) is 3.61. The number of hydrogen-bond acceptors (Lipinski definition) is 3. The lowest BCUT2D eigenvalue weighted by Gasteiger charge is -2.10. The van der Waals surface area contributed by atoms with E-state index in [1.807, 2.05) is 32.9 Å². The fourth-order valence-corrected chi connectivity index (χ4v) is 2.90. The molecule has 0 unspecified atom stereocenters. The zero-order chi connectivity index (χ0) is 15.8. The van der Waals surface area contributed by atoms with Gasteiger partial charge in [-0.2, -0.15) is 0 Å². The van der Waals surface area contributed by atoms with Gasteiger partial charge in [0.05, 0.1) is 4.90 Å². The molecular formula is C17H18O3S. The first-order chi connectivity index (χ1) is 9.70. The molecule has 0 aliphatic rings. The molecule has 0 aliphatic carbocycles.